The lowest BCUT2D eigenvalue weighted by atomic mass is 9.96. The maximum Gasteiger partial charge on any atom is 0.325 e. The normalized spacial score (nSPS) is 24.9. The number of hydrogen-bond acceptors (Lipinski definition) is 17. The molecule has 2 fully saturated rings. The molecule has 0 aromatic rings. The van der Waals surface area contributed by atoms with Gasteiger partial charge in [0.2, 0.25) is 59.1 Å². The van der Waals surface area contributed by atoms with Crippen LogP contribution in [0.1, 0.15) is 86.0 Å². The highest BCUT2D eigenvalue weighted by Gasteiger charge is 2.37. The van der Waals surface area contributed by atoms with Crippen molar-refractivity contribution in [3.63, 3.8) is 0 Å². The molecule has 2 aliphatic rings. The average Bonchev–Trinajstić information content (AvgIpc) is 3.92. The highest BCUT2D eigenvalue weighted by molar-refractivity contribution is 8.76. The molecule has 10 atom stereocenters. The highest BCUT2D eigenvalue weighted by atomic mass is 33.1. The molecule has 0 aromatic heterocycles. The number of nitrogens with one attached hydrogen (secondary N) is 11. The van der Waals surface area contributed by atoms with Gasteiger partial charge in [-0.15, -0.1) is 0 Å². The van der Waals surface area contributed by atoms with Gasteiger partial charge < -0.3 is 91.6 Å². The fourth-order valence-electron chi connectivity index (χ4n) is 7.40. The van der Waals surface area contributed by atoms with Crippen LogP contribution in [0.2, 0.25) is 0 Å². The fourth-order valence-corrected chi connectivity index (χ4v) is 9.73. The smallest absolute Gasteiger partial charge is 0.325 e. The van der Waals surface area contributed by atoms with Crippen molar-refractivity contribution in [2.24, 2.45) is 44.8 Å². The van der Waals surface area contributed by atoms with Gasteiger partial charge in [0.05, 0.1) is 25.6 Å². The Morgan fingerprint density at radius 2 is 1.18 bits per heavy atom. The third-order valence-electron chi connectivity index (χ3n) is 12.0. The molecule has 0 aromatic carbocycles. The van der Waals surface area contributed by atoms with Gasteiger partial charge in [-0.3, -0.25) is 67.5 Å². The van der Waals surface area contributed by atoms with Gasteiger partial charge in [-0.1, -0.05) is 55.7 Å². The van der Waals surface area contributed by atoms with Crippen molar-refractivity contribution in [3.8, 4) is 0 Å². The molecule has 0 saturated carbocycles. The summed E-state index contributed by atoms with van der Waals surface area (Å²) >= 11 is 0. The number of carbonyl (C=O) groups is 12. The first-order valence-electron chi connectivity index (χ1n) is 25.2. The average molecular weight is 1140 g/mol. The summed E-state index contributed by atoms with van der Waals surface area (Å²) in [6.07, 6.45) is 0.382. The summed E-state index contributed by atoms with van der Waals surface area (Å²) in [6.45, 7) is 6.56. The van der Waals surface area contributed by atoms with E-state index in [-0.39, 0.29) is 68.6 Å². The van der Waals surface area contributed by atoms with Crippen LogP contribution in [-0.4, -0.2) is 192 Å². The Morgan fingerprint density at radius 1 is 0.641 bits per heavy atom. The molecule has 33 heteroatoms. The van der Waals surface area contributed by atoms with E-state index in [2.05, 4.69) is 68.5 Å². The number of guanidine groups is 2. The van der Waals surface area contributed by atoms with Crippen LogP contribution in [0.15, 0.2) is 9.98 Å². The van der Waals surface area contributed by atoms with Gasteiger partial charge in [0.1, 0.15) is 48.3 Å². The first-order valence-corrected chi connectivity index (χ1v) is 27.7. The summed E-state index contributed by atoms with van der Waals surface area (Å²) in [5, 5.41) is 46.8. The van der Waals surface area contributed by atoms with E-state index in [1.54, 1.807) is 27.7 Å². The Kier molecular flexibility index (Phi) is 29.7. The predicted molar refractivity (Wildman–Crippen MR) is 287 cm³/mol. The second-order valence-corrected chi connectivity index (χ2v) is 21.3. The van der Waals surface area contributed by atoms with Crippen molar-refractivity contribution in [2.45, 2.75) is 140 Å². The van der Waals surface area contributed by atoms with E-state index in [1.165, 1.54) is 6.92 Å². The maximum atomic E-state index is 14.3. The van der Waals surface area contributed by atoms with Gasteiger partial charge in [-0.25, -0.2) is 0 Å². The Hall–Kier alpha value is -7.16. The summed E-state index contributed by atoms with van der Waals surface area (Å²) < 4.78 is 0. The molecule has 2 rings (SSSR count). The Morgan fingerprint density at radius 3 is 1.71 bits per heavy atom. The molecule has 0 spiro atoms. The molecular formula is C45H77N17O14S2. The zero-order chi connectivity index (χ0) is 58.6. The first kappa shape index (κ1) is 67.0. The molecular weight excluding hydrogens is 1070 g/mol. The Balaban J connectivity index is 2.73. The number of rotatable bonds is 18. The van der Waals surface area contributed by atoms with Crippen LogP contribution >= 0.6 is 21.6 Å². The van der Waals surface area contributed by atoms with Gasteiger partial charge in [-0.05, 0) is 63.8 Å². The first-order chi connectivity index (χ1) is 36.7. The third-order valence-corrected chi connectivity index (χ3v) is 14.4. The van der Waals surface area contributed by atoms with Crippen LogP contribution in [0.5, 0.6) is 0 Å². The summed E-state index contributed by atoms with van der Waals surface area (Å²) in [7, 11) is 1.89. The van der Waals surface area contributed by atoms with Crippen molar-refractivity contribution >= 4 is 105 Å². The molecule has 10 amide bonds. The highest BCUT2D eigenvalue weighted by Crippen LogP contribution is 2.24. The van der Waals surface area contributed by atoms with Gasteiger partial charge in [0, 0.05) is 24.6 Å². The van der Waals surface area contributed by atoms with Gasteiger partial charge in [0.25, 0.3) is 0 Å². The van der Waals surface area contributed by atoms with Gasteiger partial charge in [0.15, 0.2) is 11.9 Å². The molecule has 2 saturated heterocycles. The van der Waals surface area contributed by atoms with E-state index in [0.717, 1.165) is 21.6 Å². The van der Waals surface area contributed by atoms with Crippen LogP contribution in [0.25, 0.3) is 0 Å². The van der Waals surface area contributed by atoms with E-state index in [0.29, 0.717) is 19.4 Å². The van der Waals surface area contributed by atoms with E-state index >= 15 is 0 Å². The minimum absolute atomic E-state index is 0.00145. The molecule has 2 aliphatic heterocycles. The van der Waals surface area contributed by atoms with Crippen molar-refractivity contribution in [2.75, 3.05) is 44.2 Å². The molecule has 21 N–H and O–H groups in total. The standard InChI is InChI=1S/C45H77N17O14S2/c1-6-22(4)34-42(74)59-27(16-32(65)66)35(67)54-17-30(63)53-18-31(64)56-28(39(71)55-23(5)43(75)76)19-77-78-20-29(60-36(68)24-10-7-13-50-24)40(72)57-25(11-8-14-51-44(46)47)37(69)61-33(21(2)3)41(73)58-26(38(70)62-34)12-9-15-52-45(48)49/h21-29,33-34,50H,6-20H2,1-5H3,(H,53,63)(H,54,67)(H,55,71)(H,56,64)(H,57,72)(H,58,73)(H,59,74)(H,60,68)(H,61,69)(H,62,70)(H,65,66)(H,75,76)(H4,46,47,51)(H4,48,49,52)/t22-,23+,24-,25-,26-,27-,28-,29-,33-,34-/m0/s1. The van der Waals surface area contributed by atoms with Crippen molar-refractivity contribution in [1.29, 1.82) is 0 Å². The van der Waals surface area contributed by atoms with E-state index in [4.69, 9.17) is 22.9 Å². The number of nitrogens with zero attached hydrogens (tertiary/aromatic N) is 2. The molecule has 0 unspecified atom stereocenters. The quantitative estimate of drug-likeness (QED) is 0.0263. The topological polar surface area (TPSA) is 506 Å². The number of aliphatic imine (C=N–C) groups is 2. The minimum atomic E-state index is -1.81. The number of carbonyl (C=O) groups excluding carboxylic acids is 10. The van der Waals surface area contributed by atoms with Crippen LogP contribution in [0.4, 0.5) is 0 Å². The SMILES string of the molecule is CC[C@H](C)[C@@H]1NC(=O)[C@H](CCCN=C(N)N)NC(=O)[C@H](C(C)C)NC(=O)[C@H](CCCN=C(N)N)NC(=O)[C@@H](NC(=O)[C@@H]2CCCN2)CSSC[C@@H](C(=O)N[C@H](C)C(=O)O)NC(=O)CNC(=O)CNC(=O)[C@H](CC(=O)O)NC1=O. The predicted octanol–water partition coefficient (Wildman–Crippen LogP) is -6.37. The lowest BCUT2D eigenvalue weighted by Crippen LogP contribution is -2.61. The zero-order valence-corrected chi connectivity index (χ0v) is 45.9. The molecule has 0 radical (unpaired) electrons. The van der Waals surface area contributed by atoms with Crippen LogP contribution in [-0.2, 0) is 57.5 Å². The Bertz CT molecular complexity index is 2190. The molecule has 0 aliphatic carbocycles. The van der Waals surface area contributed by atoms with Crippen molar-refractivity contribution in [3.05, 3.63) is 0 Å². The number of aliphatic carboxylic acids is 2. The second-order valence-electron chi connectivity index (χ2n) is 18.7. The van der Waals surface area contributed by atoms with E-state index in [1.807, 2.05) is 0 Å². The summed E-state index contributed by atoms with van der Waals surface area (Å²) in [5.41, 5.74) is 22.0. The summed E-state index contributed by atoms with van der Waals surface area (Å²) in [6, 6.07) is -12.4. The minimum Gasteiger partial charge on any atom is -0.481 e. The summed E-state index contributed by atoms with van der Waals surface area (Å²) in [5.74, 6) is -14.3. The van der Waals surface area contributed by atoms with Crippen LogP contribution < -0.4 is 81.4 Å². The molecule has 438 valence electrons. The molecule has 0 bridgehead atoms. The van der Waals surface area contributed by atoms with E-state index < -0.39 is 157 Å². The van der Waals surface area contributed by atoms with Crippen molar-refractivity contribution < 1.29 is 67.7 Å². The maximum absolute atomic E-state index is 14.3. The monoisotopic (exact) mass is 1140 g/mol. The van der Waals surface area contributed by atoms with Crippen LogP contribution in [0, 0.1) is 11.8 Å². The van der Waals surface area contributed by atoms with E-state index in [9.17, 15) is 67.7 Å². The lowest BCUT2D eigenvalue weighted by molar-refractivity contribution is -0.142. The zero-order valence-electron chi connectivity index (χ0n) is 44.3. The second kappa shape index (κ2) is 34.6. The van der Waals surface area contributed by atoms with Crippen LogP contribution in [0.3, 0.4) is 0 Å². The number of hydrogen-bond donors (Lipinski definition) is 17. The fraction of sp³-hybridized carbons (Fsp3) is 0.689. The van der Waals surface area contributed by atoms with Crippen molar-refractivity contribution in [1.82, 2.24) is 58.5 Å². The Labute approximate surface area is 458 Å². The largest absolute Gasteiger partial charge is 0.481 e. The molecule has 2 heterocycles. The van der Waals surface area contributed by atoms with Gasteiger partial charge in [-0.2, -0.15) is 0 Å². The summed E-state index contributed by atoms with van der Waals surface area (Å²) in [4.78, 5) is 169. The third kappa shape index (κ3) is 24.9. The molecule has 31 nitrogen and oxygen atoms in total. The molecule has 78 heavy (non-hydrogen) atoms. The number of carboxylic acid groups (broad SMARTS) is 2. The number of carboxylic acids is 2. The van der Waals surface area contributed by atoms with Gasteiger partial charge >= 0.3 is 11.9 Å². The number of nitrogens with two attached hydrogens (primary N) is 4. The lowest BCUT2D eigenvalue weighted by Gasteiger charge is -2.30. The number of amides is 10.